The van der Waals surface area contributed by atoms with Gasteiger partial charge < -0.3 is 5.73 Å². The first-order valence-corrected chi connectivity index (χ1v) is 4.21. The molecule has 0 heterocycles. The van der Waals surface area contributed by atoms with E-state index in [-0.39, 0.29) is 0 Å². The maximum Gasteiger partial charge on any atom is -0.0195 e. The number of nitrogens with two attached hydrogens (primary N) is 1. The molecule has 0 aromatic rings. The van der Waals surface area contributed by atoms with Gasteiger partial charge in [-0.05, 0) is 26.8 Å². The third-order valence-electron chi connectivity index (χ3n) is 1.31. The summed E-state index contributed by atoms with van der Waals surface area (Å²) in [6.45, 7) is 6.47. The van der Waals surface area contributed by atoms with E-state index in [1.165, 1.54) is 12.6 Å². The predicted molar refractivity (Wildman–Crippen MR) is 53.6 cm³/mol. The molecule has 0 amide bonds. The minimum Gasteiger partial charge on any atom is -0.333 e. The highest BCUT2D eigenvalue weighted by Gasteiger charge is 1.76. The van der Waals surface area contributed by atoms with Gasteiger partial charge in [0.1, 0.15) is 0 Å². The molecule has 0 aromatic heterocycles. The standard InChI is InChI=1S/C9H16.CH5N/c1-4-6-7-8-9(3)5-2;1-2/h6-8H,4-5H2,1-3H3;2H2,1H3/b7-6-,9-8-;. The van der Waals surface area contributed by atoms with Crippen LogP contribution < -0.4 is 5.73 Å². The average Bonchev–Trinajstić information content (AvgIpc) is 2.08. The van der Waals surface area contributed by atoms with Gasteiger partial charge in [-0.15, -0.1) is 0 Å². The van der Waals surface area contributed by atoms with Gasteiger partial charge in [0.15, 0.2) is 0 Å². The summed E-state index contributed by atoms with van der Waals surface area (Å²) >= 11 is 0. The van der Waals surface area contributed by atoms with Crippen LogP contribution in [0.2, 0.25) is 0 Å². The molecule has 0 aliphatic rings. The summed E-state index contributed by atoms with van der Waals surface area (Å²) in [5.74, 6) is 0. The molecule has 0 unspecified atom stereocenters. The second-order valence-electron chi connectivity index (χ2n) is 2.20. The Hall–Kier alpha value is -0.560. The maximum absolute atomic E-state index is 4.50. The Morgan fingerprint density at radius 1 is 1.27 bits per heavy atom. The average molecular weight is 155 g/mol. The van der Waals surface area contributed by atoms with Crippen molar-refractivity contribution in [2.75, 3.05) is 7.05 Å². The van der Waals surface area contributed by atoms with Crippen LogP contribution in [0.3, 0.4) is 0 Å². The molecule has 0 aliphatic heterocycles. The largest absolute Gasteiger partial charge is 0.333 e. The molecule has 0 fully saturated rings. The third-order valence-corrected chi connectivity index (χ3v) is 1.31. The van der Waals surface area contributed by atoms with Crippen LogP contribution >= 0.6 is 0 Å². The van der Waals surface area contributed by atoms with Crippen molar-refractivity contribution in [3.05, 3.63) is 23.8 Å². The summed E-state index contributed by atoms with van der Waals surface area (Å²) in [5.41, 5.74) is 5.94. The maximum atomic E-state index is 4.50. The second kappa shape index (κ2) is 12.1. The lowest BCUT2D eigenvalue weighted by Crippen LogP contribution is -1.69. The molecule has 0 aromatic carbocycles. The van der Waals surface area contributed by atoms with Gasteiger partial charge in [0.05, 0.1) is 0 Å². The molecule has 0 saturated carbocycles. The number of rotatable bonds is 3. The van der Waals surface area contributed by atoms with Crippen molar-refractivity contribution < 1.29 is 0 Å². The minimum absolute atomic E-state index is 1.13. The zero-order valence-electron chi connectivity index (χ0n) is 8.22. The van der Waals surface area contributed by atoms with E-state index in [1.54, 1.807) is 0 Å². The van der Waals surface area contributed by atoms with Crippen LogP contribution in [-0.4, -0.2) is 7.05 Å². The number of hydrogen-bond donors (Lipinski definition) is 1. The lowest BCUT2D eigenvalue weighted by molar-refractivity contribution is 1.10. The molecule has 0 rings (SSSR count). The van der Waals surface area contributed by atoms with E-state index in [0.717, 1.165) is 12.8 Å². The summed E-state index contributed by atoms with van der Waals surface area (Å²) in [6, 6.07) is 0. The fourth-order valence-electron chi connectivity index (χ4n) is 0.486. The van der Waals surface area contributed by atoms with Crippen molar-refractivity contribution in [2.45, 2.75) is 33.6 Å². The van der Waals surface area contributed by atoms with E-state index >= 15 is 0 Å². The summed E-state index contributed by atoms with van der Waals surface area (Å²) in [6.07, 6.45) is 8.75. The van der Waals surface area contributed by atoms with Crippen molar-refractivity contribution in [1.29, 1.82) is 0 Å². The van der Waals surface area contributed by atoms with Crippen LogP contribution in [0.5, 0.6) is 0 Å². The van der Waals surface area contributed by atoms with Crippen LogP contribution in [0, 0.1) is 0 Å². The highest BCUT2D eigenvalue weighted by Crippen LogP contribution is 1.97. The van der Waals surface area contributed by atoms with E-state index in [9.17, 15) is 0 Å². The fourth-order valence-corrected chi connectivity index (χ4v) is 0.486. The molecule has 0 bridgehead atoms. The Balaban J connectivity index is 0. The SMILES string of the molecule is CC/C=C\C=C(\C)CC.CN. The topological polar surface area (TPSA) is 26.0 Å². The molecule has 1 heteroatoms. The van der Waals surface area contributed by atoms with Gasteiger partial charge in [0.2, 0.25) is 0 Å². The smallest absolute Gasteiger partial charge is 0.0195 e. The second-order valence-corrected chi connectivity index (χ2v) is 2.20. The summed E-state index contributed by atoms with van der Waals surface area (Å²) in [7, 11) is 1.50. The van der Waals surface area contributed by atoms with E-state index < -0.39 is 0 Å². The van der Waals surface area contributed by atoms with Crippen molar-refractivity contribution >= 4 is 0 Å². The zero-order chi connectivity index (χ0) is 9.11. The van der Waals surface area contributed by atoms with Gasteiger partial charge >= 0.3 is 0 Å². The molecular weight excluding hydrogens is 134 g/mol. The summed E-state index contributed by atoms with van der Waals surface area (Å²) in [4.78, 5) is 0. The monoisotopic (exact) mass is 155 g/mol. The first kappa shape index (κ1) is 13.1. The molecule has 1 nitrogen and oxygen atoms in total. The molecular formula is C10H21N. The molecule has 66 valence electrons. The molecule has 0 radical (unpaired) electrons. The van der Waals surface area contributed by atoms with Gasteiger partial charge in [-0.2, -0.15) is 0 Å². The van der Waals surface area contributed by atoms with Crippen molar-refractivity contribution in [3.8, 4) is 0 Å². The number of hydrogen-bond acceptors (Lipinski definition) is 1. The third kappa shape index (κ3) is 12.6. The molecule has 11 heavy (non-hydrogen) atoms. The highest BCUT2D eigenvalue weighted by molar-refractivity contribution is 5.09. The Labute approximate surface area is 71.0 Å². The predicted octanol–water partition coefficient (Wildman–Crippen LogP) is 2.88. The van der Waals surface area contributed by atoms with Crippen LogP contribution in [-0.2, 0) is 0 Å². The van der Waals surface area contributed by atoms with Crippen LogP contribution in [0.1, 0.15) is 33.6 Å². The van der Waals surface area contributed by atoms with E-state index in [0.29, 0.717) is 0 Å². The lowest BCUT2D eigenvalue weighted by Gasteiger charge is -1.87. The van der Waals surface area contributed by atoms with Crippen molar-refractivity contribution in [1.82, 2.24) is 0 Å². The first-order valence-electron chi connectivity index (χ1n) is 4.21. The molecule has 0 aliphatic carbocycles. The Morgan fingerprint density at radius 2 is 1.82 bits per heavy atom. The van der Waals surface area contributed by atoms with Crippen molar-refractivity contribution in [2.24, 2.45) is 5.73 Å². The van der Waals surface area contributed by atoms with Crippen LogP contribution in [0.4, 0.5) is 0 Å². The summed E-state index contributed by atoms with van der Waals surface area (Å²) < 4.78 is 0. The van der Waals surface area contributed by atoms with Crippen LogP contribution in [0.15, 0.2) is 23.8 Å². The van der Waals surface area contributed by atoms with Crippen LogP contribution in [0.25, 0.3) is 0 Å². The highest BCUT2D eigenvalue weighted by atomic mass is 14.4. The summed E-state index contributed by atoms with van der Waals surface area (Å²) in [5, 5.41) is 0. The van der Waals surface area contributed by atoms with Gasteiger partial charge in [-0.1, -0.05) is 37.6 Å². The van der Waals surface area contributed by atoms with Gasteiger partial charge in [-0.3, -0.25) is 0 Å². The van der Waals surface area contributed by atoms with Gasteiger partial charge in [-0.25, -0.2) is 0 Å². The van der Waals surface area contributed by atoms with Crippen molar-refractivity contribution in [3.63, 3.8) is 0 Å². The molecule has 0 spiro atoms. The zero-order valence-corrected chi connectivity index (χ0v) is 8.22. The lowest BCUT2D eigenvalue weighted by atomic mass is 10.2. The fraction of sp³-hybridized carbons (Fsp3) is 0.600. The first-order chi connectivity index (χ1) is 5.31. The Morgan fingerprint density at radius 3 is 2.18 bits per heavy atom. The van der Waals surface area contributed by atoms with E-state index in [2.05, 4.69) is 44.7 Å². The minimum atomic E-state index is 1.13. The Kier molecular flexibility index (Phi) is 14.4. The quantitative estimate of drug-likeness (QED) is 0.623. The van der Waals surface area contributed by atoms with Gasteiger partial charge in [0, 0.05) is 0 Å². The van der Waals surface area contributed by atoms with Gasteiger partial charge in [0.25, 0.3) is 0 Å². The number of allylic oxidation sites excluding steroid dienone is 4. The molecule has 2 N–H and O–H groups in total. The molecule has 0 atom stereocenters. The Bertz CT molecular complexity index is 112. The normalized spacial score (nSPS) is 11.2. The van der Waals surface area contributed by atoms with E-state index in [1.807, 2.05) is 0 Å². The van der Waals surface area contributed by atoms with E-state index in [4.69, 9.17) is 0 Å². The molecule has 0 saturated heterocycles.